The highest BCUT2D eigenvalue weighted by Crippen LogP contribution is 2.41. The monoisotopic (exact) mass is 417 g/mol. The van der Waals surface area contributed by atoms with Gasteiger partial charge in [-0.1, -0.05) is 48.0 Å². The summed E-state index contributed by atoms with van der Waals surface area (Å²) in [6.45, 7) is 1.82. The van der Waals surface area contributed by atoms with Crippen molar-refractivity contribution in [3.05, 3.63) is 71.2 Å². The summed E-state index contributed by atoms with van der Waals surface area (Å²) in [6.07, 6.45) is -1.21. The van der Waals surface area contributed by atoms with Crippen LogP contribution in [0.4, 0.5) is 5.69 Å². The van der Waals surface area contributed by atoms with Gasteiger partial charge < -0.3 is 9.84 Å². The van der Waals surface area contributed by atoms with Gasteiger partial charge in [-0.2, -0.15) is 0 Å². The Bertz CT molecular complexity index is 1110. The number of sulfonamides is 1. The predicted molar refractivity (Wildman–Crippen MR) is 110 cm³/mol. The first kappa shape index (κ1) is 19.2. The van der Waals surface area contributed by atoms with Crippen molar-refractivity contribution in [3.63, 3.8) is 0 Å². The lowest BCUT2D eigenvalue weighted by atomic mass is 10.1. The maximum Gasteiger partial charge on any atom is 0.265 e. The largest absolute Gasteiger partial charge is 0.389 e. The second-order valence-corrected chi connectivity index (χ2v) is 9.12. The van der Waals surface area contributed by atoms with Crippen molar-refractivity contribution in [2.75, 3.05) is 17.5 Å². The Labute approximate surface area is 169 Å². The van der Waals surface area contributed by atoms with E-state index in [0.717, 1.165) is 10.9 Å². The summed E-state index contributed by atoms with van der Waals surface area (Å²) in [7, 11) is -3.69. The van der Waals surface area contributed by atoms with E-state index >= 15 is 0 Å². The van der Waals surface area contributed by atoms with Crippen LogP contribution in [0.2, 0.25) is 5.02 Å². The Morgan fingerprint density at radius 2 is 1.75 bits per heavy atom. The Morgan fingerprint density at radius 1 is 1.07 bits per heavy atom. The van der Waals surface area contributed by atoms with Gasteiger partial charge in [-0.05, 0) is 42.1 Å². The molecule has 146 valence electrons. The molecule has 1 N–H and O–H groups in total. The fraction of sp³-hybridized carbons (Fsp3) is 0.238. The van der Waals surface area contributed by atoms with Crippen LogP contribution in [0.5, 0.6) is 0 Å². The number of hydrogen-bond acceptors (Lipinski definition) is 4. The first-order valence-corrected chi connectivity index (χ1v) is 10.8. The third-order valence-electron chi connectivity index (χ3n) is 4.94. The van der Waals surface area contributed by atoms with Crippen molar-refractivity contribution in [2.24, 2.45) is 0 Å². The second kappa shape index (κ2) is 7.37. The zero-order chi connectivity index (χ0) is 19.9. The van der Waals surface area contributed by atoms with E-state index in [1.807, 2.05) is 37.3 Å². The van der Waals surface area contributed by atoms with Crippen LogP contribution in [0, 0.1) is 0 Å². The van der Waals surface area contributed by atoms with E-state index in [0.29, 0.717) is 16.1 Å². The Morgan fingerprint density at radius 3 is 2.46 bits per heavy atom. The number of aliphatic hydroxyl groups excluding tert-OH is 1. The molecule has 5 nitrogen and oxygen atoms in total. The smallest absolute Gasteiger partial charge is 0.265 e. The van der Waals surface area contributed by atoms with Crippen molar-refractivity contribution >= 4 is 38.1 Å². The topological polar surface area (TPSA) is 66.8 Å². The van der Waals surface area contributed by atoms with E-state index in [2.05, 4.69) is 0 Å². The van der Waals surface area contributed by atoms with Gasteiger partial charge in [0, 0.05) is 10.4 Å². The molecule has 1 aliphatic rings. The summed E-state index contributed by atoms with van der Waals surface area (Å²) in [5.74, 6) is 0. The molecule has 3 aromatic rings. The van der Waals surface area contributed by atoms with Crippen LogP contribution < -0.4 is 4.31 Å². The molecule has 0 bridgehead atoms. The highest BCUT2D eigenvalue weighted by Gasteiger charge is 2.36. The lowest BCUT2D eigenvalue weighted by Gasteiger charge is -2.23. The maximum atomic E-state index is 13.0. The minimum atomic E-state index is -3.69. The number of nitrogens with zero attached hydrogens (tertiary/aromatic N) is 1. The predicted octanol–water partition coefficient (Wildman–Crippen LogP) is 4.14. The van der Waals surface area contributed by atoms with Gasteiger partial charge in [-0.3, -0.25) is 4.31 Å². The van der Waals surface area contributed by atoms with E-state index in [1.165, 1.54) is 4.31 Å². The first-order chi connectivity index (χ1) is 13.4. The minimum Gasteiger partial charge on any atom is -0.389 e. The van der Waals surface area contributed by atoms with Crippen LogP contribution in [0.1, 0.15) is 18.6 Å². The van der Waals surface area contributed by atoms with Crippen LogP contribution in [-0.2, 0) is 14.8 Å². The van der Waals surface area contributed by atoms with Crippen LogP contribution in [-0.4, -0.2) is 32.8 Å². The molecule has 1 aliphatic heterocycles. The molecule has 2 atom stereocenters. The average molecular weight is 418 g/mol. The van der Waals surface area contributed by atoms with E-state index < -0.39 is 16.1 Å². The number of hydrogen-bond donors (Lipinski definition) is 1. The van der Waals surface area contributed by atoms with Gasteiger partial charge in [0.05, 0.1) is 35.9 Å². The van der Waals surface area contributed by atoms with Gasteiger partial charge in [-0.25, -0.2) is 8.42 Å². The van der Waals surface area contributed by atoms with Crippen molar-refractivity contribution in [1.82, 2.24) is 0 Å². The first-order valence-electron chi connectivity index (χ1n) is 8.97. The highest BCUT2D eigenvalue weighted by molar-refractivity contribution is 7.93. The van der Waals surface area contributed by atoms with Crippen LogP contribution in [0.25, 0.3) is 10.8 Å². The summed E-state index contributed by atoms with van der Waals surface area (Å²) >= 11 is 5.89. The van der Waals surface area contributed by atoms with Crippen molar-refractivity contribution in [3.8, 4) is 0 Å². The molecule has 0 saturated heterocycles. The van der Waals surface area contributed by atoms with Crippen LogP contribution in [0.3, 0.4) is 0 Å². The van der Waals surface area contributed by atoms with E-state index in [9.17, 15) is 13.5 Å². The number of aliphatic hydroxyl groups is 1. The standard InChI is InChI=1S/C21H20ClNO4S/c1-14(15-8-10-17(22)11-9-15)27-13-18(24)12-23-19-6-2-4-16-5-3-7-20(21(16)19)28(23,25)26/h2-11,14,18,24H,12-13H2,1H3. The highest BCUT2D eigenvalue weighted by atomic mass is 35.5. The van der Waals surface area contributed by atoms with Crippen LogP contribution >= 0.6 is 11.6 Å². The maximum absolute atomic E-state index is 13.0. The van der Waals surface area contributed by atoms with Gasteiger partial charge >= 0.3 is 0 Å². The molecule has 0 aliphatic carbocycles. The molecule has 0 spiro atoms. The lowest BCUT2D eigenvalue weighted by molar-refractivity contribution is 0.00140. The number of ether oxygens (including phenoxy) is 1. The Kier molecular flexibility index (Phi) is 5.05. The third kappa shape index (κ3) is 3.37. The van der Waals surface area contributed by atoms with Crippen molar-refractivity contribution < 1.29 is 18.3 Å². The normalized spacial score (nSPS) is 17.0. The van der Waals surface area contributed by atoms with Crippen LogP contribution in [0.15, 0.2) is 65.6 Å². The molecule has 0 aromatic heterocycles. The van der Waals surface area contributed by atoms with E-state index in [4.69, 9.17) is 16.3 Å². The van der Waals surface area contributed by atoms with Gasteiger partial charge in [0.25, 0.3) is 10.0 Å². The second-order valence-electron chi connectivity index (χ2n) is 6.85. The molecule has 0 fully saturated rings. The molecular weight excluding hydrogens is 398 g/mol. The summed E-state index contributed by atoms with van der Waals surface area (Å²) in [4.78, 5) is 0.281. The molecule has 2 unspecified atom stereocenters. The van der Waals surface area contributed by atoms with Crippen molar-refractivity contribution in [2.45, 2.75) is 24.0 Å². The molecule has 7 heteroatoms. The molecule has 28 heavy (non-hydrogen) atoms. The van der Waals surface area contributed by atoms with Gasteiger partial charge in [0.2, 0.25) is 0 Å². The summed E-state index contributed by atoms with van der Waals surface area (Å²) in [5, 5.41) is 12.7. The van der Waals surface area contributed by atoms with Crippen molar-refractivity contribution in [1.29, 1.82) is 0 Å². The quantitative estimate of drug-likeness (QED) is 0.654. The summed E-state index contributed by atoms with van der Waals surface area (Å²) in [5.41, 5.74) is 1.53. The van der Waals surface area contributed by atoms with E-state index in [1.54, 1.807) is 30.3 Å². The number of benzene rings is 3. The molecule has 0 amide bonds. The molecular formula is C21H20ClNO4S. The van der Waals surface area contributed by atoms with E-state index in [-0.39, 0.29) is 24.2 Å². The van der Waals surface area contributed by atoms with Gasteiger partial charge in [0.1, 0.15) is 0 Å². The Hall–Kier alpha value is -2.12. The third-order valence-corrected chi connectivity index (χ3v) is 7.01. The number of rotatable bonds is 6. The number of β-amino-alcohol motifs (C(OH)–C–C–N with tert-alkyl or cyclic N) is 1. The molecule has 4 rings (SSSR count). The minimum absolute atomic E-state index is 0.0160. The fourth-order valence-electron chi connectivity index (χ4n) is 3.48. The number of anilines is 1. The summed E-state index contributed by atoms with van der Waals surface area (Å²) in [6, 6.07) is 18.0. The van der Waals surface area contributed by atoms with Gasteiger partial charge in [-0.15, -0.1) is 0 Å². The zero-order valence-corrected chi connectivity index (χ0v) is 16.8. The lowest BCUT2D eigenvalue weighted by Crippen LogP contribution is -2.37. The van der Waals surface area contributed by atoms with Gasteiger partial charge in [0.15, 0.2) is 0 Å². The molecule has 0 radical (unpaired) electrons. The zero-order valence-electron chi connectivity index (χ0n) is 15.2. The average Bonchev–Trinajstić information content (AvgIpc) is 2.90. The molecule has 0 saturated carbocycles. The molecule has 3 aromatic carbocycles. The number of halogens is 1. The fourth-order valence-corrected chi connectivity index (χ4v) is 5.36. The summed E-state index contributed by atoms with van der Waals surface area (Å²) < 4.78 is 32.9. The molecule has 1 heterocycles. The SMILES string of the molecule is CC(OCC(O)CN1c2cccc3cccc(c23)S1(=O)=O)c1ccc(Cl)cc1. The Balaban J connectivity index is 1.49.